The van der Waals surface area contributed by atoms with E-state index in [4.69, 9.17) is 14.7 Å². The molecule has 9 nitrogen and oxygen atoms in total. The van der Waals surface area contributed by atoms with Crippen LogP contribution in [0.25, 0.3) is 0 Å². The number of aliphatic hydroxyl groups is 1. The fourth-order valence-electron chi connectivity index (χ4n) is 3.52. The van der Waals surface area contributed by atoms with Gasteiger partial charge in [0.1, 0.15) is 18.1 Å². The zero-order chi connectivity index (χ0) is 26.7. The minimum Gasteiger partial charge on any atom is -0.506 e. The lowest BCUT2D eigenvalue weighted by atomic mass is 10.1. The van der Waals surface area contributed by atoms with Gasteiger partial charge in [0, 0.05) is 6.54 Å². The smallest absolute Gasteiger partial charge is 0.229 e. The van der Waals surface area contributed by atoms with Crippen LogP contribution in [-0.4, -0.2) is 51.2 Å². The van der Waals surface area contributed by atoms with Crippen molar-refractivity contribution in [2.75, 3.05) is 37.3 Å². The summed E-state index contributed by atoms with van der Waals surface area (Å²) in [4.78, 5) is 0. The maximum Gasteiger partial charge on any atom is 0.229 e. The summed E-state index contributed by atoms with van der Waals surface area (Å²) < 4.78 is 36.4. The molecule has 0 amide bonds. The van der Waals surface area contributed by atoms with E-state index in [9.17, 15) is 18.6 Å². The SMILES string of the molecule is CS(=O)(=O)Nc1cc([C@@H](O)CNCCc2ccc(OCCOCc3cccc(C#N)c3)cc2)ccc1O. The van der Waals surface area contributed by atoms with Crippen molar-refractivity contribution in [2.24, 2.45) is 0 Å². The molecule has 4 N–H and O–H groups in total. The number of benzene rings is 3. The Bertz CT molecular complexity index is 1310. The fraction of sp³-hybridized carbons (Fsp3) is 0.296. The summed E-state index contributed by atoms with van der Waals surface area (Å²) in [5.74, 6) is 0.532. The molecule has 0 saturated carbocycles. The number of hydrogen-bond donors (Lipinski definition) is 4. The molecule has 10 heteroatoms. The second-order valence-corrected chi connectivity index (χ2v) is 10.2. The molecular formula is C27H31N3O6S. The molecule has 37 heavy (non-hydrogen) atoms. The number of aromatic hydroxyl groups is 1. The van der Waals surface area contributed by atoms with Crippen LogP contribution in [0.2, 0.25) is 0 Å². The number of rotatable bonds is 14. The van der Waals surface area contributed by atoms with Gasteiger partial charge in [0.05, 0.1) is 42.9 Å². The predicted molar refractivity (Wildman–Crippen MR) is 141 cm³/mol. The summed E-state index contributed by atoms with van der Waals surface area (Å²) in [6, 6.07) is 21.5. The van der Waals surface area contributed by atoms with Gasteiger partial charge in [0.15, 0.2) is 0 Å². The highest BCUT2D eigenvalue weighted by atomic mass is 32.2. The Morgan fingerprint density at radius 3 is 2.54 bits per heavy atom. The third-order valence-corrected chi connectivity index (χ3v) is 5.96. The van der Waals surface area contributed by atoms with E-state index in [2.05, 4.69) is 16.1 Å². The van der Waals surface area contributed by atoms with Crippen molar-refractivity contribution < 1.29 is 28.1 Å². The molecular weight excluding hydrogens is 494 g/mol. The van der Waals surface area contributed by atoms with Gasteiger partial charge in [-0.3, -0.25) is 4.72 Å². The number of anilines is 1. The van der Waals surface area contributed by atoms with Crippen LogP contribution >= 0.6 is 0 Å². The number of phenols is 1. The molecule has 196 valence electrons. The summed E-state index contributed by atoms with van der Waals surface area (Å²) in [6.07, 6.45) is 0.868. The first-order valence-electron chi connectivity index (χ1n) is 11.7. The molecule has 0 radical (unpaired) electrons. The molecule has 0 bridgehead atoms. The van der Waals surface area contributed by atoms with Crippen LogP contribution in [0, 0.1) is 11.3 Å². The van der Waals surface area contributed by atoms with E-state index in [0.717, 1.165) is 29.6 Å². The van der Waals surface area contributed by atoms with Crippen molar-refractivity contribution in [3.63, 3.8) is 0 Å². The van der Waals surface area contributed by atoms with Crippen molar-refractivity contribution in [2.45, 2.75) is 19.1 Å². The molecule has 0 aliphatic rings. The molecule has 0 fully saturated rings. The summed E-state index contributed by atoms with van der Waals surface area (Å²) in [5, 5.41) is 32.4. The van der Waals surface area contributed by atoms with Gasteiger partial charge in [-0.2, -0.15) is 5.26 Å². The Labute approximate surface area is 217 Å². The number of sulfonamides is 1. The average molecular weight is 526 g/mol. The highest BCUT2D eigenvalue weighted by Gasteiger charge is 2.13. The van der Waals surface area contributed by atoms with Gasteiger partial charge in [-0.05, 0) is 66.1 Å². The molecule has 0 heterocycles. The van der Waals surface area contributed by atoms with Crippen molar-refractivity contribution in [1.29, 1.82) is 5.26 Å². The normalized spacial score (nSPS) is 12.0. The quantitative estimate of drug-likeness (QED) is 0.186. The number of nitriles is 1. The van der Waals surface area contributed by atoms with Crippen molar-refractivity contribution in [3.8, 4) is 17.6 Å². The zero-order valence-electron chi connectivity index (χ0n) is 20.6. The average Bonchev–Trinajstić information content (AvgIpc) is 2.87. The van der Waals surface area contributed by atoms with Crippen LogP contribution in [-0.2, 0) is 27.8 Å². The van der Waals surface area contributed by atoms with Gasteiger partial charge in [0.25, 0.3) is 0 Å². The standard InChI is InChI=1S/C27H31N3O6S/c1-37(33,34)30-25-16-23(7-10-26(25)31)27(32)18-29-12-11-20-5-8-24(9-6-20)36-14-13-35-19-22-4-2-3-21(15-22)17-28/h2-10,15-16,27,29-32H,11-14,18-19H2,1H3/t27-/m0/s1. The first-order valence-corrected chi connectivity index (χ1v) is 13.6. The van der Waals surface area contributed by atoms with Gasteiger partial charge in [0.2, 0.25) is 10.0 Å². The molecule has 0 spiro atoms. The van der Waals surface area contributed by atoms with Crippen LogP contribution in [0.1, 0.15) is 28.4 Å². The van der Waals surface area contributed by atoms with Crippen LogP contribution in [0.15, 0.2) is 66.7 Å². The van der Waals surface area contributed by atoms with Crippen LogP contribution in [0.3, 0.4) is 0 Å². The first-order chi connectivity index (χ1) is 17.7. The molecule has 3 rings (SSSR count). The van der Waals surface area contributed by atoms with E-state index < -0.39 is 16.1 Å². The second kappa shape index (κ2) is 13.6. The molecule has 0 saturated heterocycles. The van der Waals surface area contributed by atoms with E-state index in [1.165, 1.54) is 12.1 Å². The van der Waals surface area contributed by atoms with Gasteiger partial charge in [-0.15, -0.1) is 0 Å². The summed E-state index contributed by atoms with van der Waals surface area (Å²) in [6.45, 7) is 2.16. The first kappa shape index (κ1) is 28.0. The molecule has 3 aromatic carbocycles. The molecule has 0 unspecified atom stereocenters. The largest absolute Gasteiger partial charge is 0.506 e. The Kier molecular flexibility index (Phi) is 10.3. The molecule has 0 aliphatic carbocycles. The van der Waals surface area contributed by atoms with Crippen molar-refractivity contribution >= 4 is 15.7 Å². The Morgan fingerprint density at radius 2 is 1.81 bits per heavy atom. The van der Waals surface area contributed by atoms with E-state index >= 15 is 0 Å². The van der Waals surface area contributed by atoms with E-state index in [1.54, 1.807) is 18.2 Å². The Morgan fingerprint density at radius 1 is 1.03 bits per heavy atom. The van der Waals surface area contributed by atoms with E-state index in [0.29, 0.717) is 37.5 Å². The number of hydrogen-bond acceptors (Lipinski definition) is 8. The van der Waals surface area contributed by atoms with Gasteiger partial charge in [-0.25, -0.2) is 8.42 Å². The molecule has 0 aliphatic heterocycles. The highest BCUT2D eigenvalue weighted by molar-refractivity contribution is 7.92. The van der Waals surface area contributed by atoms with Gasteiger partial charge < -0.3 is 25.0 Å². The van der Waals surface area contributed by atoms with Gasteiger partial charge >= 0.3 is 0 Å². The number of nitrogens with zero attached hydrogens (tertiary/aromatic N) is 1. The van der Waals surface area contributed by atoms with E-state index in [1.807, 2.05) is 36.4 Å². The number of ether oxygens (including phenoxy) is 2. The lowest BCUT2D eigenvalue weighted by Crippen LogP contribution is -2.24. The lowest BCUT2D eigenvalue weighted by molar-refractivity contribution is 0.0889. The predicted octanol–water partition coefficient (Wildman–Crippen LogP) is 3.10. The molecule has 0 aromatic heterocycles. The molecule has 1 atom stereocenters. The summed E-state index contributed by atoms with van der Waals surface area (Å²) in [5.41, 5.74) is 3.17. The maximum atomic E-state index is 11.4. The second-order valence-electron chi connectivity index (χ2n) is 8.48. The van der Waals surface area contributed by atoms with E-state index in [-0.39, 0.29) is 18.0 Å². The number of nitrogens with one attached hydrogen (secondary N) is 2. The van der Waals surface area contributed by atoms with Crippen LogP contribution < -0.4 is 14.8 Å². The lowest BCUT2D eigenvalue weighted by Gasteiger charge is -2.15. The molecule has 3 aromatic rings. The third-order valence-electron chi connectivity index (χ3n) is 5.37. The topological polar surface area (TPSA) is 141 Å². The minimum atomic E-state index is -3.55. The summed E-state index contributed by atoms with van der Waals surface area (Å²) in [7, 11) is -3.55. The number of phenolic OH excluding ortho intramolecular Hbond substituents is 1. The fourth-order valence-corrected chi connectivity index (χ4v) is 4.09. The Balaban J connectivity index is 1.34. The number of aliphatic hydroxyl groups excluding tert-OH is 1. The van der Waals surface area contributed by atoms with Crippen molar-refractivity contribution in [1.82, 2.24) is 5.32 Å². The third kappa shape index (κ3) is 9.74. The summed E-state index contributed by atoms with van der Waals surface area (Å²) >= 11 is 0. The Hall–Kier alpha value is -3.62. The minimum absolute atomic E-state index is 0.0262. The van der Waals surface area contributed by atoms with Crippen LogP contribution in [0.4, 0.5) is 5.69 Å². The van der Waals surface area contributed by atoms with Crippen LogP contribution in [0.5, 0.6) is 11.5 Å². The monoisotopic (exact) mass is 525 g/mol. The van der Waals surface area contributed by atoms with Crippen molar-refractivity contribution in [3.05, 3.63) is 89.0 Å². The zero-order valence-corrected chi connectivity index (χ0v) is 21.4. The van der Waals surface area contributed by atoms with Gasteiger partial charge in [-0.1, -0.05) is 30.3 Å². The highest BCUT2D eigenvalue weighted by Crippen LogP contribution is 2.27. The maximum absolute atomic E-state index is 11.4.